The second kappa shape index (κ2) is 23.0. The lowest BCUT2D eigenvalue weighted by molar-refractivity contribution is -0.0231. The van der Waals surface area contributed by atoms with Crippen molar-refractivity contribution in [3.63, 3.8) is 0 Å². The van der Waals surface area contributed by atoms with Gasteiger partial charge in [0.1, 0.15) is 0 Å². The van der Waals surface area contributed by atoms with Gasteiger partial charge >= 0.3 is 0 Å². The molecule has 0 aliphatic heterocycles. The highest BCUT2D eigenvalue weighted by atomic mass is 16.6. The quantitative estimate of drug-likeness (QED) is 0.150. The van der Waals surface area contributed by atoms with Gasteiger partial charge in [-0.15, -0.1) is 5.10 Å². The molecular formula is C20H40N4O8. The molecule has 0 radical (unpaired) electrons. The average molecular weight is 465 g/mol. The summed E-state index contributed by atoms with van der Waals surface area (Å²) in [5, 5.41) is 7.87. The third-order valence-corrected chi connectivity index (χ3v) is 3.84. The lowest BCUT2D eigenvalue weighted by Crippen LogP contribution is -2.15. The lowest BCUT2D eigenvalue weighted by atomic mass is 10.5. The van der Waals surface area contributed by atoms with Crippen molar-refractivity contribution in [2.75, 3.05) is 106 Å². The van der Waals surface area contributed by atoms with Crippen molar-refractivity contribution in [3.05, 3.63) is 11.9 Å². The van der Waals surface area contributed by atoms with Crippen LogP contribution in [0.1, 0.15) is 5.69 Å². The molecule has 12 nitrogen and oxygen atoms in total. The predicted molar refractivity (Wildman–Crippen MR) is 115 cm³/mol. The number of nitrogens with zero attached hydrogens (tertiary/aromatic N) is 3. The molecular weight excluding hydrogens is 424 g/mol. The zero-order valence-electron chi connectivity index (χ0n) is 19.3. The highest BCUT2D eigenvalue weighted by Gasteiger charge is 1.97. The highest BCUT2D eigenvalue weighted by Crippen LogP contribution is 1.90. The Hall–Kier alpha value is -1.22. The number of ether oxygens (including phenoxy) is 8. The monoisotopic (exact) mass is 464 g/mol. The fraction of sp³-hybridized carbons (Fsp3) is 0.900. The van der Waals surface area contributed by atoms with Crippen LogP contribution in [-0.4, -0.2) is 121 Å². The van der Waals surface area contributed by atoms with Crippen molar-refractivity contribution in [3.8, 4) is 0 Å². The highest BCUT2D eigenvalue weighted by molar-refractivity contribution is 4.86. The summed E-state index contributed by atoms with van der Waals surface area (Å²) in [6, 6.07) is 0. The SMILES string of the molecule is Cc1cn(CCOCCOCCOCCOCCOCCOCCOCCOCN)nn1. The first-order chi connectivity index (χ1) is 15.8. The van der Waals surface area contributed by atoms with Gasteiger partial charge in [0.25, 0.3) is 0 Å². The smallest absolute Gasteiger partial charge is 0.0941 e. The molecule has 0 aliphatic carbocycles. The fourth-order valence-corrected chi connectivity index (χ4v) is 2.29. The Kier molecular flexibility index (Phi) is 20.7. The molecule has 188 valence electrons. The normalized spacial score (nSPS) is 11.4. The van der Waals surface area contributed by atoms with E-state index in [9.17, 15) is 0 Å². The summed E-state index contributed by atoms with van der Waals surface area (Å²) in [4.78, 5) is 0. The van der Waals surface area contributed by atoms with Crippen molar-refractivity contribution < 1.29 is 37.9 Å². The van der Waals surface area contributed by atoms with Crippen LogP contribution in [0.5, 0.6) is 0 Å². The van der Waals surface area contributed by atoms with E-state index in [1.807, 2.05) is 13.1 Å². The first-order valence-corrected chi connectivity index (χ1v) is 11.0. The molecule has 2 N–H and O–H groups in total. The molecule has 0 saturated heterocycles. The second-order valence-corrected chi connectivity index (χ2v) is 6.48. The van der Waals surface area contributed by atoms with E-state index in [1.165, 1.54) is 0 Å². The Morgan fingerprint density at radius 3 is 1.25 bits per heavy atom. The third-order valence-electron chi connectivity index (χ3n) is 3.84. The largest absolute Gasteiger partial charge is 0.377 e. The second-order valence-electron chi connectivity index (χ2n) is 6.48. The van der Waals surface area contributed by atoms with Crippen LogP contribution in [0.3, 0.4) is 0 Å². The number of aryl methyl sites for hydroxylation is 1. The minimum absolute atomic E-state index is 0.215. The van der Waals surface area contributed by atoms with Gasteiger partial charge in [0.05, 0.1) is 118 Å². The van der Waals surface area contributed by atoms with Crippen molar-refractivity contribution in [2.45, 2.75) is 13.5 Å². The van der Waals surface area contributed by atoms with Gasteiger partial charge in [-0.1, -0.05) is 5.21 Å². The van der Waals surface area contributed by atoms with E-state index in [0.717, 1.165) is 5.69 Å². The maximum atomic E-state index is 5.48. The molecule has 0 atom stereocenters. The number of hydrogen-bond donors (Lipinski definition) is 1. The lowest BCUT2D eigenvalue weighted by Gasteiger charge is -2.08. The van der Waals surface area contributed by atoms with Gasteiger partial charge in [0.15, 0.2) is 0 Å². The summed E-state index contributed by atoms with van der Waals surface area (Å²) in [5.74, 6) is 0. The molecule has 0 fully saturated rings. The van der Waals surface area contributed by atoms with Crippen LogP contribution in [0.15, 0.2) is 6.20 Å². The Balaban J connectivity index is 1.64. The number of rotatable bonds is 25. The van der Waals surface area contributed by atoms with Gasteiger partial charge in [-0.05, 0) is 6.92 Å². The van der Waals surface area contributed by atoms with E-state index < -0.39 is 0 Å². The van der Waals surface area contributed by atoms with Gasteiger partial charge in [-0.2, -0.15) is 0 Å². The molecule has 1 aromatic heterocycles. The third kappa shape index (κ3) is 19.5. The van der Waals surface area contributed by atoms with Crippen molar-refractivity contribution in [2.24, 2.45) is 5.73 Å². The Morgan fingerprint density at radius 2 is 0.938 bits per heavy atom. The zero-order chi connectivity index (χ0) is 23.0. The van der Waals surface area contributed by atoms with E-state index in [1.54, 1.807) is 4.68 Å². The molecule has 1 heterocycles. The minimum atomic E-state index is 0.215. The Morgan fingerprint density at radius 1 is 0.594 bits per heavy atom. The standard InChI is InChI=1S/C20H40N4O8/c1-20-18-24(23-22-20)2-3-25-4-5-26-6-7-27-8-9-28-10-11-29-12-13-30-14-15-31-16-17-32-19-21/h18H,2-17,19,21H2,1H3. The molecule has 32 heavy (non-hydrogen) atoms. The van der Waals surface area contributed by atoms with E-state index in [2.05, 4.69) is 10.3 Å². The van der Waals surface area contributed by atoms with Gasteiger partial charge in [-0.25, -0.2) is 4.68 Å². The number of nitrogens with two attached hydrogens (primary N) is 1. The minimum Gasteiger partial charge on any atom is -0.377 e. The molecule has 0 saturated carbocycles. The van der Waals surface area contributed by atoms with Gasteiger partial charge in [-0.3, -0.25) is 0 Å². The summed E-state index contributed by atoms with van der Waals surface area (Å²) in [5.41, 5.74) is 6.09. The summed E-state index contributed by atoms with van der Waals surface area (Å²) < 4.78 is 44.6. The van der Waals surface area contributed by atoms with Crippen LogP contribution in [0.2, 0.25) is 0 Å². The average Bonchev–Trinajstić information content (AvgIpc) is 3.21. The van der Waals surface area contributed by atoms with E-state index in [4.69, 9.17) is 43.6 Å². The molecule has 0 aliphatic rings. The maximum Gasteiger partial charge on any atom is 0.0941 e. The van der Waals surface area contributed by atoms with Crippen LogP contribution in [-0.2, 0) is 44.4 Å². The summed E-state index contributed by atoms with van der Waals surface area (Å²) >= 11 is 0. The molecule has 1 rings (SSSR count). The maximum absolute atomic E-state index is 5.48. The molecule has 0 unspecified atom stereocenters. The molecule has 12 heteroatoms. The van der Waals surface area contributed by atoms with Crippen LogP contribution in [0, 0.1) is 6.92 Å². The van der Waals surface area contributed by atoms with Crippen LogP contribution >= 0.6 is 0 Å². The molecule has 0 amide bonds. The zero-order valence-corrected chi connectivity index (χ0v) is 19.3. The topological polar surface area (TPSA) is 131 Å². The number of aromatic nitrogens is 3. The summed E-state index contributed by atoms with van der Waals surface area (Å²) in [6.07, 6.45) is 1.88. The first kappa shape index (κ1) is 28.8. The Labute approximate surface area is 190 Å². The molecule has 0 aromatic carbocycles. The predicted octanol–water partition coefficient (Wildman–Crippen LogP) is -0.364. The molecule has 0 spiro atoms. The van der Waals surface area contributed by atoms with Crippen molar-refractivity contribution >= 4 is 0 Å². The first-order valence-electron chi connectivity index (χ1n) is 11.0. The van der Waals surface area contributed by atoms with Crippen LogP contribution < -0.4 is 5.73 Å². The fourth-order valence-electron chi connectivity index (χ4n) is 2.29. The van der Waals surface area contributed by atoms with Crippen LogP contribution in [0.25, 0.3) is 0 Å². The van der Waals surface area contributed by atoms with Crippen molar-refractivity contribution in [1.82, 2.24) is 15.0 Å². The van der Waals surface area contributed by atoms with Gasteiger partial charge < -0.3 is 43.6 Å². The van der Waals surface area contributed by atoms with E-state index in [-0.39, 0.29) is 6.73 Å². The Bertz CT molecular complexity index is 510. The molecule has 0 bridgehead atoms. The van der Waals surface area contributed by atoms with Gasteiger partial charge in [0, 0.05) is 6.20 Å². The van der Waals surface area contributed by atoms with Crippen LogP contribution in [0.4, 0.5) is 0 Å². The van der Waals surface area contributed by atoms with Gasteiger partial charge in [0.2, 0.25) is 0 Å². The van der Waals surface area contributed by atoms with Crippen molar-refractivity contribution in [1.29, 1.82) is 0 Å². The molecule has 1 aromatic rings. The summed E-state index contributed by atoms with van der Waals surface area (Å²) in [6.45, 7) is 10.7. The van der Waals surface area contributed by atoms with E-state index in [0.29, 0.717) is 106 Å². The number of hydrogen-bond acceptors (Lipinski definition) is 11. The summed E-state index contributed by atoms with van der Waals surface area (Å²) in [7, 11) is 0. The van der Waals surface area contributed by atoms with E-state index >= 15 is 0 Å².